The molecular weight excluding hydrogens is 260 g/mol. The van der Waals surface area contributed by atoms with Crippen molar-refractivity contribution in [2.45, 2.75) is 19.5 Å². The highest BCUT2D eigenvalue weighted by molar-refractivity contribution is 5.69. The largest absolute Gasteiger partial charge is 0.496 e. The van der Waals surface area contributed by atoms with E-state index in [1.165, 1.54) is 7.11 Å². The van der Waals surface area contributed by atoms with Crippen molar-refractivity contribution in [3.05, 3.63) is 22.8 Å². The molecule has 6 heteroatoms. The lowest BCUT2D eigenvalue weighted by molar-refractivity contribution is 0.118. The summed E-state index contributed by atoms with van der Waals surface area (Å²) in [5.74, 6) is 1.53. The summed E-state index contributed by atoms with van der Waals surface area (Å²) in [7, 11) is 4.63. The number of hydrogen-bond acceptors (Lipinski definition) is 5. The number of nitrogens with zero attached hydrogens (tertiary/aromatic N) is 1. The first-order valence-electron chi connectivity index (χ1n) is 6.44. The van der Waals surface area contributed by atoms with Crippen molar-refractivity contribution in [3.8, 4) is 11.5 Å². The van der Waals surface area contributed by atoms with E-state index >= 15 is 0 Å². The Morgan fingerprint density at radius 3 is 2.60 bits per heavy atom. The van der Waals surface area contributed by atoms with Gasteiger partial charge in [-0.25, -0.2) is 4.79 Å². The number of carbonyl (C=O) groups is 1. The van der Waals surface area contributed by atoms with Gasteiger partial charge in [0, 0.05) is 29.8 Å². The summed E-state index contributed by atoms with van der Waals surface area (Å²) in [5.41, 5.74) is 8.69. The van der Waals surface area contributed by atoms with Gasteiger partial charge in [0.05, 0.1) is 27.9 Å². The molecule has 0 saturated heterocycles. The second-order valence-electron chi connectivity index (χ2n) is 4.57. The Morgan fingerprint density at radius 1 is 1.30 bits per heavy atom. The number of amides is 1. The third kappa shape index (κ3) is 2.38. The van der Waals surface area contributed by atoms with Gasteiger partial charge in [0.25, 0.3) is 0 Å². The first-order valence-corrected chi connectivity index (χ1v) is 6.44. The van der Waals surface area contributed by atoms with Crippen molar-refractivity contribution in [2.75, 3.05) is 27.9 Å². The van der Waals surface area contributed by atoms with E-state index in [-0.39, 0.29) is 6.09 Å². The second kappa shape index (κ2) is 6.00. The molecule has 0 aromatic heterocycles. The first kappa shape index (κ1) is 14.5. The van der Waals surface area contributed by atoms with Gasteiger partial charge in [-0.2, -0.15) is 0 Å². The van der Waals surface area contributed by atoms with Crippen LogP contribution in [0, 0.1) is 0 Å². The second-order valence-corrected chi connectivity index (χ2v) is 4.57. The Kier molecular flexibility index (Phi) is 4.34. The molecule has 0 fully saturated rings. The Labute approximate surface area is 118 Å². The van der Waals surface area contributed by atoms with Gasteiger partial charge < -0.3 is 24.8 Å². The highest BCUT2D eigenvalue weighted by Gasteiger charge is 2.27. The van der Waals surface area contributed by atoms with Crippen molar-refractivity contribution in [1.29, 1.82) is 0 Å². The summed E-state index contributed by atoms with van der Waals surface area (Å²) >= 11 is 0. The van der Waals surface area contributed by atoms with Gasteiger partial charge in [0.2, 0.25) is 0 Å². The summed E-state index contributed by atoms with van der Waals surface area (Å²) in [6.07, 6.45) is 0.359. The molecule has 0 bridgehead atoms. The Hall–Kier alpha value is -1.95. The zero-order valence-electron chi connectivity index (χ0n) is 12.1. The molecule has 0 aliphatic carbocycles. The summed E-state index contributed by atoms with van der Waals surface area (Å²) in [5, 5.41) is 0. The van der Waals surface area contributed by atoms with Crippen molar-refractivity contribution in [2.24, 2.45) is 5.73 Å². The molecule has 0 saturated carbocycles. The molecule has 110 valence electrons. The number of hydrogen-bond donors (Lipinski definition) is 1. The summed E-state index contributed by atoms with van der Waals surface area (Å²) in [6, 6.07) is 1.87. The fraction of sp³-hybridized carbons (Fsp3) is 0.500. The monoisotopic (exact) mass is 280 g/mol. The van der Waals surface area contributed by atoms with Crippen LogP contribution in [0.4, 0.5) is 4.79 Å². The maximum Gasteiger partial charge on any atom is 0.409 e. The molecule has 1 aromatic carbocycles. The minimum absolute atomic E-state index is 0.334. The number of rotatable bonds is 3. The van der Waals surface area contributed by atoms with Gasteiger partial charge in [-0.15, -0.1) is 0 Å². The molecule has 1 heterocycles. The van der Waals surface area contributed by atoms with E-state index in [1.807, 2.05) is 6.07 Å². The smallest absolute Gasteiger partial charge is 0.409 e. The number of fused-ring (bicyclic) bond motifs is 1. The van der Waals surface area contributed by atoms with Crippen LogP contribution in [0.5, 0.6) is 11.5 Å². The van der Waals surface area contributed by atoms with Crippen molar-refractivity contribution < 1.29 is 19.0 Å². The molecule has 0 radical (unpaired) electrons. The van der Waals surface area contributed by atoms with E-state index in [2.05, 4.69) is 0 Å². The molecule has 6 nitrogen and oxygen atoms in total. The number of ether oxygens (including phenoxy) is 3. The fourth-order valence-corrected chi connectivity index (χ4v) is 2.62. The molecule has 0 spiro atoms. The highest BCUT2D eigenvalue weighted by Crippen LogP contribution is 2.37. The lowest BCUT2D eigenvalue weighted by atomic mass is 9.94. The highest BCUT2D eigenvalue weighted by atomic mass is 16.5. The van der Waals surface area contributed by atoms with Gasteiger partial charge >= 0.3 is 6.09 Å². The molecule has 20 heavy (non-hydrogen) atoms. The Balaban J connectivity index is 2.47. The summed E-state index contributed by atoms with van der Waals surface area (Å²) in [6.45, 7) is 1.42. The molecule has 2 N–H and O–H groups in total. The Morgan fingerprint density at radius 2 is 2.05 bits per heavy atom. The lowest BCUT2D eigenvalue weighted by Crippen LogP contribution is -2.36. The van der Waals surface area contributed by atoms with E-state index in [0.29, 0.717) is 26.1 Å². The van der Waals surface area contributed by atoms with Crippen LogP contribution in [-0.2, 0) is 24.2 Å². The maximum absolute atomic E-state index is 11.7. The quantitative estimate of drug-likeness (QED) is 0.903. The van der Waals surface area contributed by atoms with E-state index in [0.717, 1.165) is 28.2 Å². The van der Waals surface area contributed by atoms with E-state index in [1.54, 1.807) is 19.1 Å². The zero-order chi connectivity index (χ0) is 14.7. The van der Waals surface area contributed by atoms with Gasteiger partial charge in [-0.3, -0.25) is 0 Å². The van der Waals surface area contributed by atoms with E-state index in [9.17, 15) is 4.79 Å². The number of nitrogens with two attached hydrogens (primary N) is 1. The van der Waals surface area contributed by atoms with Crippen LogP contribution in [0.15, 0.2) is 6.07 Å². The average Bonchev–Trinajstić information content (AvgIpc) is 2.51. The molecule has 1 aromatic rings. The van der Waals surface area contributed by atoms with Crippen LogP contribution in [0.3, 0.4) is 0 Å². The van der Waals surface area contributed by atoms with Gasteiger partial charge in [-0.1, -0.05) is 0 Å². The fourth-order valence-electron chi connectivity index (χ4n) is 2.62. The van der Waals surface area contributed by atoms with Crippen LogP contribution >= 0.6 is 0 Å². The van der Waals surface area contributed by atoms with E-state index in [4.69, 9.17) is 19.9 Å². The average molecular weight is 280 g/mol. The van der Waals surface area contributed by atoms with Gasteiger partial charge in [0.1, 0.15) is 11.5 Å². The van der Waals surface area contributed by atoms with Crippen LogP contribution in [0.2, 0.25) is 0 Å². The van der Waals surface area contributed by atoms with Crippen molar-refractivity contribution in [1.82, 2.24) is 4.90 Å². The molecule has 1 amide bonds. The third-order valence-electron chi connectivity index (χ3n) is 3.59. The van der Waals surface area contributed by atoms with Crippen LogP contribution in [0.25, 0.3) is 0 Å². The number of benzene rings is 1. The molecule has 0 atom stereocenters. The van der Waals surface area contributed by atoms with Gasteiger partial charge in [0.15, 0.2) is 0 Å². The number of carbonyl (C=O) groups excluding carboxylic acids is 1. The van der Waals surface area contributed by atoms with Gasteiger partial charge in [-0.05, 0) is 12.5 Å². The SMILES string of the molecule is COC(=O)N1CCc2c(c(OC)cc(CN)c2OC)C1. The predicted octanol–water partition coefficient (Wildman–Crippen LogP) is 1.29. The summed E-state index contributed by atoms with van der Waals surface area (Å²) in [4.78, 5) is 13.3. The lowest BCUT2D eigenvalue weighted by Gasteiger charge is -2.30. The minimum Gasteiger partial charge on any atom is -0.496 e. The summed E-state index contributed by atoms with van der Waals surface area (Å²) < 4.78 is 15.7. The van der Waals surface area contributed by atoms with Crippen molar-refractivity contribution in [3.63, 3.8) is 0 Å². The topological polar surface area (TPSA) is 74.0 Å². The normalized spacial score (nSPS) is 13.7. The van der Waals surface area contributed by atoms with Crippen molar-refractivity contribution >= 4 is 6.09 Å². The molecular formula is C14H20N2O4. The van der Waals surface area contributed by atoms with Crippen LogP contribution in [-0.4, -0.2) is 38.9 Å². The molecule has 0 unspecified atom stereocenters. The first-order chi connectivity index (χ1) is 9.65. The molecule has 2 rings (SSSR count). The maximum atomic E-state index is 11.7. The predicted molar refractivity (Wildman–Crippen MR) is 74.0 cm³/mol. The van der Waals surface area contributed by atoms with Crippen LogP contribution < -0.4 is 15.2 Å². The standard InChI is InChI=1S/C14H20N2O4/c1-18-12-6-9(7-15)13(19-2)10-4-5-16(8-11(10)12)14(17)20-3/h6H,4-5,7-8,15H2,1-3H3. The number of methoxy groups -OCH3 is 3. The third-order valence-corrected chi connectivity index (χ3v) is 3.59. The molecule has 1 aliphatic heterocycles. The Bertz CT molecular complexity index is 516. The zero-order valence-corrected chi connectivity index (χ0v) is 12.1. The minimum atomic E-state index is -0.334. The van der Waals surface area contributed by atoms with Crippen LogP contribution in [0.1, 0.15) is 16.7 Å². The molecule has 1 aliphatic rings. The van der Waals surface area contributed by atoms with E-state index < -0.39 is 0 Å².